The average molecular weight is 414 g/mol. The summed E-state index contributed by atoms with van der Waals surface area (Å²) in [5.74, 6) is -2.65. The van der Waals surface area contributed by atoms with Crippen molar-refractivity contribution in [2.45, 2.75) is 0 Å². The molecule has 0 fully saturated rings. The van der Waals surface area contributed by atoms with E-state index < -0.39 is 22.8 Å². The second-order valence-electron chi connectivity index (χ2n) is 5.99. The van der Waals surface area contributed by atoms with E-state index in [0.29, 0.717) is 6.07 Å². The number of para-hydroxylation sites is 1. The first-order chi connectivity index (χ1) is 14.0. The summed E-state index contributed by atoms with van der Waals surface area (Å²) < 4.78 is 34.0. The Morgan fingerprint density at radius 1 is 1.14 bits per heavy atom. The Morgan fingerprint density at radius 3 is 2.62 bits per heavy atom. The molecule has 144 valence electrons. The number of halogens is 3. The fourth-order valence-electron chi connectivity index (χ4n) is 2.78. The summed E-state index contributed by atoms with van der Waals surface area (Å²) in [7, 11) is 0. The highest BCUT2D eigenvalue weighted by Gasteiger charge is 2.20. The van der Waals surface area contributed by atoms with Gasteiger partial charge >= 0.3 is 0 Å². The van der Waals surface area contributed by atoms with E-state index in [2.05, 4.69) is 10.2 Å². The fourth-order valence-corrected chi connectivity index (χ4v) is 3.00. The van der Waals surface area contributed by atoms with Crippen LogP contribution >= 0.6 is 11.6 Å². The van der Waals surface area contributed by atoms with Crippen LogP contribution in [0.1, 0.15) is 15.9 Å². The summed E-state index contributed by atoms with van der Waals surface area (Å²) in [5, 5.41) is 7.74. The van der Waals surface area contributed by atoms with Gasteiger partial charge < -0.3 is 4.42 Å². The molecule has 0 saturated heterocycles. The second-order valence-corrected chi connectivity index (χ2v) is 6.40. The highest BCUT2D eigenvalue weighted by molar-refractivity contribution is 6.34. The summed E-state index contributed by atoms with van der Waals surface area (Å²) in [6.07, 6.45) is 4.80. The maximum atomic E-state index is 14.2. The zero-order chi connectivity index (χ0) is 20.5. The predicted octanol–water partition coefficient (Wildman–Crippen LogP) is 4.20. The lowest BCUT2D eigenvalue weighted by Gasteiger charge is -2.08. The highest BCUT2D eigenvalue weighted by atomic mass is 35.5. The zero-order valence-corrected chi connectivity index (χ0v) is 15.2. The number of benzene rings is 2. The predicted molar refractivity (Wildman–Crippen MR) is 102 cm³/mol. The number of hydrogen-bond acceptors (Lipinski definition) is 5. The molecule has 2 heterocycles. The third kappa shape index (κ3) is 3.45. The maximum absolute atomic E-state index is 14.2. The van der Waals surface area contributed by atoms with Crippen molar-refractivity contribution in [3.63, 3.8) is 0 Å². The number of rotatable bonds is 4. The van der Waals surface area contributed by atoms with Crippen LogP contribution in [-0.4, -0.2) is 20.5 Å². The van der Waals surface area contributed by atoms with Crippen LogP contribution in [0.5, 0.6) is 0 Å². The molecule has 4 rings (SSSR count). The molecule has 9 heteroatoms. The number of aromatic nitrogens is 3. The SMILES string of the molecule is O=C(/C(=C/c1coc2c(Cl)cccc2c1=O)n1cnnc1)c1ccc(F)cc1F. The standard InChI is InChI=1S/C20H10ClF2N3O3/c21-15-3-1-2-14-18(27)11(8-29-20(14)15)6-17(26-9-24-25-10-26)19(28)13-5-4-12(22)7-16(13)23/h1-10H/b17-6-. The number of carbonyl (C=O) groups is 1. The number of ketones is 1. The van der Waals surface area contributed by atoms with Crippen molar-refractivity contribution in [2.24, 2.45) is 0 Å². The van der Waals surface area contributed by atoms with E-state index in [0.717, 1.165) is 18.4 Å². The Balaban J connectivity index is 1.90. The quantitative estimate of drug-likeness (QED) is 0.370. The Hall–Kier alpha value is -3.65. The van der Waals surface area contributed by atoms with E-state index in [1.165, 1.54) is 29.4 Å². The van der Waals surface area contributed by atoms with Gasteiger partial charge in [0, 0.05) is 6.07 Å². The van der Waals surface area contributed by atoms with E-state index in [9.17, 15) is 18.4 Å². The van der Waals surface area contributed by atoms with E-state index in [1.807, 2.05) is 0 Å². The van der Waals surface area contributed by atoms with Gasteiger partial charge in [-0.3, -0.25) is 14.2 Å². The summed E-state index contributed by atoms with van der Waals surface area (Å²) in [4.78, 5) is 25.8. The van der Waals surface area contributed by atoms with E-state index in [4.69, 9.17) is 16.0 Å². The Morgan fingerprint density at radius 2 is 1.90 bits per heavy atom. The van der Waals surface area contributed by atoms with Crippen molar-refractivity contribution in [1.29, 1.82) is 0 Å². The molecule has 0 aliphatic rings. The van der Waals surface area contributed by atoms with Crippen LogP contribution in [0.15, 0.2) is 64.5 Å². The topological polar surface area (TPSA) is 78.0 Å². The van der Waals surface area contributed by atoms with Crippen LogP contribution in [0.4, 0.5) is 8.78 Å². The van der Waals surface area contributed by atoms with Gasteiger partial charge in [0.25, 0.3) is 0 Å². The van der Waals surface area contributed by atoms with Crippen molar-refractivity contribution in [1.82, 2.24) is 14.8 Å². The molecule has 0 N–H and O–H groups in total. The first-order valence-electron chi connectivity index (χ1n) is 8.22. The minimum atomic E-state index is -1.04. The van der Waals surface area contributed by atoms with Crippen molar-refractivity contribution in [3.8, 4) is 0 Å². The number of carbonyl (C=O) groups excluding carboxylic acids is 1. The molecule has 2 aromatic heterocycles. The Bertz CT molecular complexity index is 1330. The molecule has 0 amide bonds. The summed E-state index contributed by atoms with van der Waals surface area (Å²) in [5.41, 5.74) is -0.710. The molecule has 2 aromatic carbocycles. The number of hydrogen-bond donors (Lipinski definition) is 0. The molecule has 4 aromatic rings. The van der Waals surface area contributed by atoms with Crippen molar-refractivity contribution in [3.05, 3.63) is 93.3 Å². The summed E-state index contributed by atoms with van der Waals surface area (Å²) in [6, 6.07) is 7.29. The van der Waals surface area contributed by atoms with Crippen LogP contribution in [0.2, 0.25) is 5.02 Å². The molecular weight excluding hydrogens is 404 g/mol. The largest absolute Gasteiger partial charge is 0.462 e. The van der Waals surface area contributed by atoms with E-state index >= 15 is 0 Å². The monoisotopic (exact) mass is 413 g/mol. The van der Waals surface area contributed by atoms with Crippen LogP contribution in [0.25, 0.3) is 22.7 Å². The first-order valence-corrected chi connectivity index (χ1v) is 8.60. The fraction of sp³-hybridized carbons (Fsp3) is 0. The van der Waals surface area contributed by atoms with Crippen molar-refractivity contribution in [2.75, 3.05) is 0 Å². The van der Waals surface area contributed by atoms with Gasteiger partial charge in [-0.2, -0.15) is 0 Å². The van der Waals surface area contributed by atoms with Crippen LogP contribution in [0.3, 0.4) is 0 Å². The first kappa shape index (κ1) is 18.7. The molecule has 0 saturated carbocycles. The van der Waals surface area contributed by atoms with Gasteiger partial charge in [-0.25, -0.2) is 8.78 Å². The molecule has 6 nitrogen and oxygen atoms in total. The lowest BCUT2D eigenvalue weighted by molar-refractivity contribution is 0.104. The van der Waals surface area contributed by atoms with Gasteiger partial charge in [0.15, 0.2) is 11.0 Å². The van der Waals surface area contributed by atoms with Crippen LogP contribution in [-0.2, 0) is 0 Å². The van der Waals surface area contributed by atoms with E-state index in [-0.39, 0.29) is 32.8 Å². The number of nitrogens with zero attached hydrogens (tertiary/aromatic N) is 3. The number of Topliss-reactive ketones (excluding diaryl/α,β-unsaturated/α-hetero) is 1. The molecule has 0 aliphatic carbocycles. The highest BCUT2D eigenvalue weighted by Crippen LogP contribution is 2.23. The third-order valence-electron chi connectivity index (χ3n) is 4.18. The maximum Gasteiger partial charge on any atom is 0.212 e. The molecule has 0 atom stereocenters. The van der Waals surface area contributed by atoms with Crippen molar-refractivity contribution >= 4 is 40.1 Å². The third-order valence-corrected chi connectivity index (χ3v) is 4.47. The average Bonchev–Trinajstić information content (AvgIpc) is 3.22. The molecule has 0 spiro atoms. The molecule has 0 aliphatic heterocycles. The second kappa shape index (κ2) is 7.40. The Labute approximate surface area is 166 Å². The van der Waals surface area contributed by atoms with Crippen LogP contribution in [0, 0.1) is 11.6 Å². The molecule has 29 heavy (non-hydrogen) atoms. The van der Waals surface area contributed by atoms with Gasteiger partial charge in [0.05, 0.1) is 27.2 Å². The van der Waals surface area contributed by atoms with Gasteiger partial charge in [0.1, 0.15) is 30.6 Å². The Kier molecular flexibility index (Phi) is 4.77. The molecule has 0 unspecified atom stereocenters. The lowest BCUT2D eigenvalue weighted by Crippen LogP contribution is -2.12. The van der Waals surface area contributed by atoms with E-state index in [1.54, 1.807) is 12.1 Å². The minimum Gasteiger partial charge on any atom is -0.462 e. The summed E-state index contributed by atoms with van der Waals surface area (Å²) >= 11 is 6.03. The van der Waals surface area contributed by atoms with Gasteiger partial charge in [-0.15, -0.1) is 10.2 Å². The van der Waals surface area contributed by atoms with Crippen LogP contribution < -0.4 is 5.43 Å². The lowest BCUT2D eigenvalue weighted by atomic mass is 10.0. The number of allylic oxidation sites excluding steroid dienone is 1. The number of fused-ring (bicyclic) bond motifs is 1. The summed E-state index contributed by atoms with van der Waals surface area (Å²) in [6.45, 7) is 0. The minimum absolute atomic E-state index is 0.0272. The molecule has 0 radical (unpaired) electrons. The molecular formula is C20H10ClF2N3O3. The molecule has 0 bridgehead atoms. The van der Waals surface area contributed by atoms with Gasteiger partial charge in [-0.05, 0) is 30.3 Å². The normalized spacial score (nSPS) is 11.8. The smallest absolute Gasteiger partial charge is 0.212 e. The van der Waals surface area contributed by atoms with Gasteiger partial charge in [0.2, 0.25) is 5.78 Å². The zero-order valence-electron chi connectivity index (χ0n) is 14.5. The van der Waals surface area contributed by atoms with Gasteiger partial charge in [-0.1, -0.05) is 17.7 Å². The van der Waals surface area contributed by atoms with Crippen molar-refractivity contribution < 1.29 is 18.0 Å².